The lowest BCUT2D eigenvalue weighted by molar-refractivity contribution is -0.139. The zero-order valence-electron chi connectivity index (χ0n) is 28.4. The number of nitrogens with zero attached hydrogens (tertiary/aromatic N) is 5. The Bertz CT molecular complexity index is 2350. The average Bonchev–Trinajstić information content (AvgIpc) is 3.81. The summed E-state index contributed by atoms with van der Waals surface area (Å²) in [7, 11) is 0. The van der Waals surface area contributed by atoms with E-state index in [0.29, 0.717) is 41.2 Å². The highest BCUT2D eigenvalue weighted by Crippen LogP contribution is 2.47. The molecule has 2 amide bonds. The number of benzene rings is 5. The zero-order chi connectivity index (χ0) is 36.0. The van der Waals surface area contributed by atoms with E-state index in [1.165, 1.54) is 0 Å². The maximum Gasteiger partial charge on any atom is 0.264 e. The minimum atomic E-state index is -1.79. The van der Waals surface area contributed by atoms with Crippen molar-refractivity contribution in [3.05, 3.63) is 160 Å². The van der Waals surface area contributed by atoms with E-state index in [2.05, 4.69) is 26.2 Å². The highest BCUT2D eigenvalue weighted by atomic mass is 79.9. The number of hydrogen-bond acceptors (Lipinski definition) is 6. The fraction of sp³-hybridized carbons (Fsp3) is 0.190. The lowest BCUT2D eigenvalue weighted by Gasteiger charge is -2.28. The van der Waals surface area contributed by atoms with Crippen LogP contribution in [-0.4, -0.2) is 43.6 Å². The molecule has 0 spiro atoms. The van der Waals surface area contributed by atoms with Crippen molar-refractivity contribution in [2.45, 2.75) is 38.0 Å². The molecule has 5 aromatic carbocycles. The Morgan fingerprint density at radius 3 is 2.50 bits per heavy atom. The van der Waals surface area contributed by atoms with E-state index in [-0.39, 0.29) is 25.0 Å². The Labute approximate surface area is 309 Å². The van der Waals surface area contributed by atoms with E-state index >= 15 is 0 Å². The van der Waals surface area contributed by atoms with E-state index in [4.69, 9.17) is 0 Å². The van der Waals surface area contributed by atoms with Crippen molar-refractivity contribution in [3.8, 4) is 0 Å². The van der Waals surface area contributed by atoms with Gasteiger partial charge in [-0.2, -0.15) is 0 Å². The van der Waals surface area contributed by atoms with E-state index in [1.807, 2.05) is 134 Å². The Kier molecular flexibility index (Phi) is 8.82. The first-order valence-corrected chi connectivity index (χ1v) is 18.1. The molecule has 2 aliphatic heterocycles. The third kappa shape index (κ3) is 5.73. The van der Waals surface area contributed by atoms with Crippen molar-refractivity contribution in [1.29, 1.82) is 0 Å². The van der Waals surface area contributed by atoms with Gasteiger partial charge in [0.2, 0.25) is 0 Å². The average molecular weight is 755 g/mol. The second kappa shape index (κ2) is 13.6. The molecule has 3 heterocycles. The standard InChI is InChI=1S/C42H36BrN5O4/c1-27(10-5-6-21-46-25-36(44-45-46)34(26-49)29-12-3-2-4-13-29)42(52)35-23-31(43)19-20-37(35)47(41(42)51)24-28-11-7-16-32(22-28)48-38-18-9-15-30-14-8-17-33(39(30)38)40(48)50/h2-5,7-20,22-23,25,27,34,49,52H,6,21,24,26H2,1H3/b10-5+/t27-,34?,42+/m1/s1. The first kappa shape index (κ1) is 33.7. The van der Waals surface area contributed by atoms with Gasteiger partial charge in [0.15, 0.2) is 5.60 Å². The van der Waals surface area contributed by atoms with Gasteiger partial charge >= 0.3 is 0 Å². The number of anilines is 3. The first-order valence-electron chi connectivity index (χ1n) is 17.3. The minimum absolute atomic E-state index is 0.0729. The van der Waals surface area contributed by atoms with Crippen LogP contribution >= 0.6 is 15.9 Å². The number of aliphatic hydroxyl groups excluding tert-OH is 1. The number of amides is 2. The lowest BCUT2D eigenvalue weighted by atomic mass is 9.83. The van der Waals surface area contributed by atoms with Gasteiger partial charge in [0, 0.05) is 39.8 Å². The van der Waals surface area contributed by atoms with Crippen molar-refractivity contribution in [2.75, 3.05) is 16.4 Å². The van der Waals surface area contributed by atoms with E-state index in [1.54, 1.807) is 14.5 Å². The number of rotatable bonds is 11. The fourth-order valence-electron chi connectivity index (χ4n) is 7.51. The summed E-state index contributed by atoms with van der Waals surface area (Å²) in [6, 6.07) is 34.6. The number of hydrogen-bond donors (Lipinski definition) is 2. The molecule has 6 aromatic rings. The number of halogens is 1. The maximum atomic E-state index is 14.3. The zero-order valence-corrected chi connectivity index (χ0v) is 30.0. The van der Waals surface area contributed by atoms with Gasteiger partial charge in [-0.05, 0) is 65.4 Å². The Balaban J connectivity index is 0.998. The summed E-state index contributed by atoms with van der Waals surface area (Å²) in [4.78, 5) is 31.3. The van der Waals surface area contributed by atoms with Crippen molar-refractivity contribution in [3.63, 3.8) is 0 Å². The molecule has 2 aliphatic rings. The lowest BCUT2D eigenvalue weighted by Crippen LogP contribution is -2.44. The number of carbonyl (C=O) groups is 2. The molecular formula is C42H36BrN5O4. The summed E-state index contributed by atoms with van der Waals surface area (Å²) in [6.07, 6.45) is 6.27. The normalized spacial score (nSPS) is 17.8. The summed E-state index contributed by atoms with van der Waals surface area (Å²) in [6.45, 7) is 2.53. The van der Waals surface area contributed by atoms with E-state index < -0.39 is 17.4 Å². The predicted molar refractivity (Wildman–Crippen MR) is 204 cm³/mol. The number of aromatic nitrogens is 3. The van der Waals surface area contributed by atoms with Gasteiger partial charge in [-0.1, -0.05) is 107 Å². The molecule has 1 aromatic heterocycles. The quantitative estimate of drug-likeness (QED) is 0.132. The molecule has 8 rings (SSSR count). The second-order valence-corrected chi connectivity index (χ2v) is 14.3. The third-order valence-corrected chi connectivity index (χ3v) is 10.7. The second-order valence-electron chi connectivity index (χ2n) is 13.4. The van der Waals surface area contributed by atoms with Crippen LogP contribution in [0.25, 0.3) is 10.8 Å². The molecule has 10 heteroatoms. The molecule has 3 atom stereocenters. The van der Waals surface area contributed by atoms with Crippen LogP contribution in [0.5, 0.6) is 0 Å². The number of allylic oxidation sites excluding steroid dienone is 1. The molecule has 0 radical (unpaired) electrons. The van der Waals surface area contributed by atoms with Gasteiger partial charge in [0.05, 0.1) is 41.7 Å². The number of aliphatic hydroxyl groups is 2. The molecule has 0 saturated carbocycles. The molecule has 260 valence electrons. The summed E-state index contributed by atoms with van der Waals surface area (Å²) < 4.78 is 2.50. The number of aryl methyl sites for hydroxylation is 1. The van der Waals surface area contributed by atoms with Gasteiger partial charge in [0.25, 0.3) is 11.8 Å². The van der Waals surface area contributed by atoms with Crippen LogP contribution in [-0.2, 0) is 23.5 Å². The largest absolute Gasteiger partial charge is 0.395 e. The molecule has 9 nitrogen and oxygen atoms in total. The van der Waals surface area contributed by atoms with Gasteiger partial charge in [0.1, 0.15) is 0 Å². The van der Waals surface area contributed by atoms with Gasteiger partial charge in [-0.15, -0.1) is 5.10 Å². The van der Waals surface area contributed by atoms with Crippen LogP contribution in [0.2, 0.25) is 0 Å². The molecule has 0 saturated heterocycles. The summed E-state index contributed by atoms with van der Waals surface area (Å²) >= 11 is 3.54. The minimum Gasteiger partial charge on any atom is -0.395 e. The Morgan fingerprint density at radius 1 is 0.904 bits per heavy atom. The SMILES string of the molecule is C[C@H](/C=C/CCn1cc(C(CO)c2ccccc2)nn1)[C@@]1(O)C(=O)N(Cc2cccc(N3C(=O)c4cccc5cccc3c45)c2)c2ccc(Br)cc21. The van der Waals surface area contributed by atoms with Crippen LogP contribution in [0.3, 0.4) is 0 Å². The Morgan fingerprint density at radius 2 is 1.69 bits per heavy atom. The van der Waals surface area contributed by atoms with Crippen molar-refractivity contribution in [1.82, 2.24) is 15.0 Å². The molecule has 52 heavy (non-hydrogen) atoms. The number of fused-ring (bicyclic) bond motifs is 1. The first-order chi connectivity index (χ1) is 25.3. The highest BCUT2D eigenvalue weighted by molar-refractivity contribution is 9.10. The predicted octanol–water partition coefficient (Wildman–Crippen LogP) is 7.63. The number of carbonyl (C=O) groups excluding carboxylic acids is 2. The third-order valence-electron chi connectivity index (χ3n) is 10.2. The van der Waals surface area contributed by atoms with Gasteiger partial charge in [-0.25, -0.2) is 0 Å². The molecule has 0 fully saturated rings. The summed E-state index contributed by atoms with van der Waals surface area (Å²) in [5, 5.41) is 32.8. The highest BCUT2D eigenvalue weighted by Gasteiger charge is 2.52. The smallest absolute Gasteiger partial charge is 0.264 e. The van der Waals surface area contributed by atoms with Gasteiger partial charge < -0.3 is 15.1 Å². The van der Waals surface area contributed by atoms with Crippen LogP contribution in [0.4, 0.5) is 17.1 Å². The molecule has 0 aliphatic carbocycles. The van der Waals surface area contributed by atoms with Crippen molar-refractivity contribution in [2.24, 2.45) is 5.92 Å². The van der Waals surface area contributed by atoms with Crippen LogP contribution in [0, 0.1) is 5.92 Å². The Hall–Kier alpha value is -5.42. The molecule has 0 bridgehead atoms. The fourth-order valence-corrected chi connectivity index (χ4v) is 7.87. The maximum absolute atomic E-state index is 14.3. The van der Waals surface area contributed by atoms with Crippen LogP contribution in [0.15, 0.2) is 132 Å². The van der Waals surface area contributed by atoms with Crippen molar-refractivity contribution < 1.29 is 19.8 Å². The van der Waals surface area contributed by atoms with Crippen molar-refractivity contribution >= 4 is 55.6 Å². The summed E-state index contributed by atoms with van der Waals surface area (Å²) in [5.41, 5.74) is 4.10. The van der Waals surface area contributed by atoms with E-state index in [0.717, 1.165) is 32.1 Å². The molecule has 2 N–H and O–H groups in total. The van der Waals surface area contributed by atoms with E-state index in [9.17, 15) is 19.8 Å². The summed E-state index contributed by atoms with van der Waals surface area (Å²) in [5.74, 6) is -1.30. The molecular weight excluding hydrogens is 718 g/mol. The van der Waals surface area contributed by atoms with Crippen LogP contribution < -0.4 is 9.80 Å². The molecule has 1 unspecified atom stereocenters. The topological polar surface area (TPSA) is 112 Å². The van der Waals surface area contributed by atoms with Crippen LogP contribution in [0.1, 0.15) is 52.0 Å². The van der Waals surface area contributed by atoms with Gasteiger partial charge in [-0.3, -0.25) is 19.2 Å². The monoisotopic (exact) mass is 753 g/mol.